The molecule has 2 saturated heterocycles. The minimum atomic E-state index is 0.520. The highest BCUT2D eigenvalue weighted by atomic mass is 16.5. The van der Waals surface area contributed by atoms with Gasteiger partial charge in [0, 0.05) is 25.7 Å². The molecule has 0 amide bonds. The molecule has 0 aromatic carbocycles. The van der Waals surface area contributed by atoms with Gasteiger partial charge < -0.3 is 15.0 Å². The average molecular weight is 279 g/mol. The first-order chi connectivity index (χ1) is 9.86. The third kappa shape index (κ3) is 3.12. The Labute approximate surface area is 120 Å². The van der Waals surface area contributed by atoms with E-state index in [-0.39, 0.29) is 0 Å². The number of nitrogens with one attached hydrogen (secondary N) is 2. The van der Waals surface area contributed by atoms with Gasteiger partial charge in [-0.05, 0) is 45.1 Å². The smallest absolute Gasteiger partial charge is 0.244 e. The molecule has 0 spiro atoms. The molecule has 1 unspecified atom stereocenters. The van der Waals surface area contributed by atoms with Gasteiger partial charge in [0.25, 0.3) is 0 Å². The predicted molar refractivity (Wildman–Crippen MR) is 77.7 cm³/mol. The number of rotatable bonds is 5. The Morgan fingerprint density at radius 1 is 1.30 bits per heavy atom. The van der Waals surface area contributed by atoms with Crippen LogP contribution in [0.4, 0.5) is 5.95 Å². The molecule has 0 bridgehead atoms. The predicted octanol–water partition coefficient (Wildman–Crippen LogP) is 1.31. The van der Waals surface area contributed by atoms with Crippen LogP contribution in [0, 0.1) is 5.92 Å². The molecule has 2 aliphatic rings. The van der Waals surface area contributed by atoms with E-state index < -0.39 is 0 Å². The van der Waals surface area contributed by atoms with Crippen molar-refractivity contribution in [3.8, 4) is 0 Å². The molecule has 0 radical (unpaired) electrons. The number of piperidine rings is 1. The number of ether oxygens (including phenoxy) is 1. The molecule has 112 valence electrons. The summed E-state index contributed by atoms with van der Waals surface area (Å²) < 4.78 is 5.34. The molecule has 6 heteroatoms. The van der Waals surface area contributed by atoms with E-state index in [4.69, 9.17) is 4.74 Å². The Morgan fingerprint density at radius 3 is 2.85 bits per heavy atom. The van der Waals surface area contributed by atoms with E-state index in [2.05, 4.69) is 25.4 Å². The normalized spacial score (nSPS) is 24.4. The van der Waals surface area contributed by atoms with Crippen molar-refractivity contribution in [3.05, 3.63) is 5.82 Å². The van der Waals surface area contributed by atoms with Gasteiger partial charge in [-0.2, -0.15) is 4.98 Å². The summed E-state index contributed by atoms with van der Waals surface area (Å²) in [4.78, 5) is 6.80. The maximum Gasteiger partial charge on any atom is 0.244 e. The lowest BCUT2D eigenvalue weighted by Crippen LogP contribution is -2.41. The minimum absolute atomic E-state index is 0.520. The van der Waals surface area contributed by atoms with Crippen LogP contribution in [0.2, 0.25) is 0 Å². The number of aromatic nitrogens is 3. The zero-order valence-corrected chi connectivity index (χ0v) is 12.3. The summed E-state index contributed by atoms with van der Waals surface area (Å²) in [6.07, 6.45) is 5.18. The first-order valence-electron chi connectivity index (χ1n) is 7.84. The molecule has 20 heavy (non-hydrogen) atoms. The second-order valence-corrected chi connectivity index (χ2v) is 5.75. The van der Waals surface area contributed by atoms with Gasteiger partial charge in [-0.3, -0.25) is 5.10 Å². The summed E-state index contributed by atoms with van der Waals surface area (Å²) in [7, 11) is 0. The summed E-state index contributed by atoms with van der Waals surface area (Å²) in [5.74, 6) is 2.48. The highest BCUT2D eigenvalue weighted by Gasteiger charge is 2.29. The van der Waals surface area contributed by atoms with Crippen molar-refractivity contribution in [3.63, 3.8) is 0 Å². The fraction of sp³-hybridized carbons (Fsp3) is 0.857. The van der Waals surface area contributed by atoms with Crippen molar-refractivity contribution >= 4 is 5.95 Å². The average Bonchev–Trinajstić information content (AvgIpc) is 3.17. The molecule has 6 nitrogen and oxygen atoms in total. The number of nitrogens with zero attached hydrogens (tertiary/aromatic N) is 3. The third-order valence-corrected chi connectivity index (χ3v) is 4.45. The van der Waals surface area contributed by atoms with E-state index in [1.807, 2.05) is 6.92 Å². The molecule has 1 aromatic rings. The number of anilines is 1. The van der Waals surface area contributed by atoms with Crippen molar-refractivity contribution in [1.82, 2.24) is 20.5 Å². The Hall–Kier alpha value is -1.14. The van der Waals surface area contributed by atoms with Crippen LogP contribution in [-0.4, -0.2) is 47.5 Å². The molecule has 0 saturated carbocycles. The van der Waals surface area contributed by atoms with Crippen LogP contribution in [0.15, 0.2) is 0 Å². The van der Waals surface area contributed by atoms with Gasteiger partial charge >= 0.3 is 0 Å². The van der Waals surface area contributed by atoms with Crippen molar-refractivity contribution < 1.29 is 4.74 Å². The summed E-state index contributed by atoms with van der Waals surface area (Å²) in [6.45, 7) is 6.54. The van der Waals surface area contributed by atoms with Gasteiger partial charge in [-0.1, -0.05) is 0 Å². The Morgan fingerprint density at radius 2 is 2.15 bits per heavy atom. The summed E-state index contributed by atoms with van der Waals surface area (Å²) in [6, 6.07) is 0.748. The molecule has 3 rings (SSSR count). The molecule has 2 fully saturated rings. The highest BCUT2D eigenvalue weighted by Crippen LogP contribution is 2.27. The van der Waals surface area contributed by atoms with E-state index in [0.29, 0.717) is 13.2 Å². The van der Waals surface area contributed by atoms with Crippen LogP contribution in [0.25, 0.3) is 0 Å². The molecular weight excluding hydrogens is 254 g/mol. The van der Waals surface area contributed by atoms with E-state index in [1.54, 1.807) is 0 Å². The molecule has 1 aromatic heterocycles. The Balaban J connectivity index is 1.51. The summed E-state index contributed by atoms with van der Waals surface area (Å²) >= 11 is 0. The van der Waals surface area contributed by atoms with Gasteiger partial charge in [0.1, 0.15) is 6.61 Å². The van der Waals surface area contributed by atoms with Gasteiger partial charge in [-0.15, -0.1) is 5.10 Å². The zero-order chi connectivity index (χ0) is 13.8. The standard InChI is InChI=1S/C14H25N5O/c1-2-20-10-13-16-14(18-17-13)19-8-5-11(6-9-19)12-4-3-7-15-12/h11-12,15H,2-10H2,1H3,(H,16,17,18). The van der Waals surface area contributed by atoms with E-state index in [1.165, 1.54) is 32.2 Å². The van der Waals surface area contributed by atoms with Crippen molar-refractivity contribution in [2.75, 3.05) is 31.1 Å². The molecule has 3 heterocycles. The van der Waals surface area contributed by atoms with E-state index >= 15 is 0 Å². The van der Waals surface area contributed by atoms with Gasteiger partial charge in [0.15, 0.2) is 5.82 Å². The highest BCUT2D eigenvalue weighted by molar-refractivity contribution is 5.29. The van der Waals surface area contributed by atoms with Gasteiger partial charge in [-0.25, -0.2) is 0 Å². The van der Waals surface area contributed by atoms with Crippen molar-refractivity contribution in [2.45, 2.75) is 45.3 Å². The lowest BCUT2D eigenvalue weighted by Gasteiger charge is -2.34. The SMILES string of the molecule is CCOCc1nc(N2CCC(C3CCCN3)CC2)n[nH]1. The van der Waals surface area contributed by atoms with Gasteiger partial charge in [0.2, 0.25) is 5.95 Å². The second-order valence-electron chi connectivity index (χ2n) is 5.75. The summed E-state index contributed by atoms with van der Waals surface area (Å²) in [5, 5.41) is 10.9. The Kier molecular flexibility index (Phi) is 4.52. The maximum atomic E-state index is 5.34. The lowest BCUT2D eigenvalue weighted by molar-refractivity contribution is 0.128. The molecule has 2 aliphatic heterocycles. The van der Waals surface area contributed by atoms with Crippen LogP contribution >= 0.6 is 0 Å². The van der Waals surface area contributed by atoms with E-state index in [0.717, 1.165) is 36.8 Å². The van der Waals surface area contributed by atoms with E-state index in [9.17, 15) is 0 Å². The monoisotopic (exact) mass is 279 g/mol. The fourth-order valence-electron chi connectivity index (χ4n) is 3.31. The molecule has 2 N–H and O–H groups in total. The number of H-pyrrole nitrogens is 1. The zero-order valence-electron chi connectivity index (χ0n) is 12.3. The van der Waals surface area contributed by atoms with Crippen LogP contribution < -0.4 is 10.2 Å². The largest absolute Gasteiger partial charge is 0.374 e. The molecule has 0 aliphatic carbocycles. The maximum absolute atomic E-state index is 5.34. The van der Waals surface area contributed by atoms with Crippen LogP contribution in [0.3, 0.4) is 0 Å². The van der Waals surface area contributed by atoms with Crippen LogP contribution in [-0.2, 0) is 11.3 Å². The molecular formula is C14H25N5O. The first-order valence-corrected chi connectivity index (χ1v) is 7.84. The van der Waals surface area contributed by atoms with Gasteiger partial charge in [0.05, 0.1) is 0 Å². The Bertz CT molecular complexity index is 407. The third-order valence-electron chi connectivity index (χ3n) is 4.45. The topological polar surface area (TPSA) is 66.1 Å². The fourth-order valence-corrected chi connectivity index (χ4v) is 3.31. The second kappa shape index (κ2) is 6.54. The first kappa shape index (κ1) is 13.8. The van der Waals surface area contributed by atoms with Crippen LogP contribution in [0.5, 0.6) is 0 Å². The quantitative estimate of drug-likeness (QED) is 0.850. The number of aromatic amines is 1. The lowest BCUT2D eigenvalue weighted by atomic mass is 9.89. The number of hydrogen-bond donors (Lipinski definition) is 2. The number of hydrogen-bond acceptors (Lipinski definition) is 5. The summed E-state index contributed by atoms with van der Waals surface area (Å²) in [5.41, 5.74) is 0. The van der Waals surface area contributed by atoms with Crippen molar-refractivity contribution in [2.24, 2.45) is 5.92 Å². The van der Waals surface area contributed by atoms with Crippen LogP contribution in [0.1, 0.15) is 38.4 Å². The minimum Gasteiger partial charge on any atom is -0.374 e. The molecule has 1 atom stereocenters. The van der Waals surface area contributed by atoms with Crippen molar-refractivity contribution in [1.29, 1.82) is 0 Å².